The molecule has 1 aromatic heterocycles. The second kappa shape index (κ2) is 10.2. The number of ether oxygens (including phenoxy) is 2. The van der Waals surface area contributed by atoms with Gasteiger partial charge in [-0.05, 0) is 55.3 Å². The second-order valence-corrected chi connectivity index (χ2v) is 9.92. The number of esters is 1. The molecule has 0 N–H and O–H groups in total. The summed E-state index contributed by atoms with van der Waals surface area (Å²) >= 11 is 0. The molecule has 0 bridgehead atoms. The molecule has 4 aromatic rings. The first kappa shape index (κ1) is 27.6. The Balaban J connectivity index is 1.45. The van der Waals surface area contributed by atoms with Gasteiger partial charge < -0.3 is 13.9 Å². The van der Waals surface area contributed by atoms with E-state index in [4.69, 9.17) is 13.9 Å². The fourth-order valence-corrected chi connectivity index (χ4v) is 4.34. The summed E-state index contributed by atoms with van der Waals surface area (Å²) < 4.78 is 57.3. The van der Waals surface area contributed by atoms with Crippen molar-refractivity contribution in [1.82, 2.24) is 4.90 Å². The third-order valence-corrected chi connectivity index (χ3v) is 6.29. The van der Waals surface area contributed by atoms with Crippen LogP contribution in [0, 0.1) is 12.8 Å². The van der Waals surface area contributed by atoms with E-state index in [1.807, 2.05) is 13.8 Å². The molecule has 0 saturated heterocycles. The molecule has 0 aliphatic carbocycles. The number of fused-ring (bicyclic) bond motifs is 2. The average Bonchev–Trinajstić information content (AvgIpc) is 3.14. The molecule has 0 unspecified atom stereocenters. The number of carbonyl (C=O) groups is 3. The highest BCUT2D eigenvalue weighted by Crippen LogP contribution is 2.39. The molecule has 1 aliphatic heterocycles. The van der Waals surface area contributed by atoms with Crippen molar-refractivity contribution in [2.75, 3.05) is 6.54 Å². The minimum atomic E-state index is -5.07. The van der Waals surface area contributed by atoms with E-state index in [9.17, 15) is 32.3 Å². The van der Waals surface area contributed by atoms with Crippen LogP contribution in [0.1, 0.15) is 56.2 Å². The summed E-state index contributed by atoms with van der Waals surface area (Å²) in [4.78, 5) is 52.3. The molecule has 5 rings (SSSR count). The van der Waals surface area contributed by atoms with Crippen LogP contribution in [-0.2, 0) is 6.18 Å². The van der Waals surface area contributed by atoms with Gasteiger partial charge in [-0.15, -0.1) is 0 Å². The number of aryl methyl sites for hydroxylation is 1. The van der Waals surface area contributed by atoms with Gasteiger partial charge in [-0.25, -0.2) is 4.79 Å². The van der Waals surface area contributed by atoms with Gasteiger partial charge in [0.2, 0.25) is 11.2 Å². The number of carbonyl (C=O) groups excluding carboxylic acids is 3. The first-order valence-electron chi connectivity index (χ1n) is 12.5. The largest absolute Gasteiger partial charge is 0.453 e. The Morgan fingerprint density at radius 1 is 0.902 bits per heavy atom. The molecule has 0 fully saturated rings. The predicted octanol–water partition coefficient (Wildman–Crippen LogP) is 6.38. The standard InChI is InChI=1S/C30H22F3NO7/c1-15(2)14-34-27(36)20-10-6-17(12-22(20)28(34)37)29(38)40-19-9-11-21-23(13-19)41-26(30(31,32)33)25(24(21)35)39-18-7-4-16(3)5-8-18/h4-13,15H,14H2,1-3H3. The van der Waals surface area contributed by atoms with Crippen molar-refractivity contribution in [1.29, 1.82) is 0 Å². The van der Waals surface area contributed by atoms with Gasteiger partial charge in [0.1, 0.15) is 17.1 Å². The number of alkyl halides is 3. The highest BCUT2D eigenvalue weighted by molar-refractivity contribution is 6.22. The number of hydrogen-bond donors (Lipinski definition) is 0. The number of benzene rings is 3. The van der Waals surface area contributed by atoms with Gasteiger partial charge in [0.15, 0.2) is 0 Å². The first-order chi connectivity index (χ1) is 19.3. The summed E-state index contributed by atoms with van der Waals surface area (Å²) in [7, 11) is 0. The van der Waals surface area contributed by atoms with Crippen molar-refractivity contribution in [2.45, 2.75) is 26.9 Å². The number of halogens is 3. The van der Waals surface area contributed by atoms with E-state index in [0.29, 0.717) is 0 Å². The van der Waals surface area contributed by atoms with Crippen molar-refractivity contribution in [3.8, 4) is 17.2 Å². The summed E-state index contributed by atoms with van der Waals surface area (Å²) in [6.45, 7) is 5.71. The van der Waals surface area contributed by atoms with Crippen LogP contribution >= 0.6 is 0 Å². The van der Waals surface area contributed by atoms with E-state index in [0.717, 1.165) is 22.6 Å². The molecule has 210 valence electrons. The van der Waals surface area contributed by atoms with Crippen LogP contribution in [0.4, 0.5) is 13.2 Å². The zero-order valence-corrected chi connectivity index (χ0v) is 22.0. The molecule has 0 saturated carbocycles. The molecule has 0 radical (unpaired) electrons. The monoisotopic (exact) mass is 565 g/mol. The van der Waals surface area contributed by atoms with Crippen LogP contribution in [0.5, 0.6) is 17.2 Å². The molecule has 1 aliphatic rings. The van der Waals surface area contributed by atoms with Crippen LogP contribution in [0.2, 0.25) is 0 Å². The molecular formula is C30H22F3NO7. The SMILES string of the molecule is Cc1ccc(Oc2c(C(F)(F)F)oc3cc(OC(=O)c4ccc5c(c4)C(=O)N(CC(C)C)C5=O)ccc3c2=O)cc1. The van der Waals surface area contributed by atoms with Crippen molar-refractivity contribution in [3.05, 3.63) is 98.9 Å². The fraction of sp³-hybridized carbons (Fsp3) is 0.200. The lowest BCUT2D eigenvalue weighted by Gasteiger charge is -2.15. The highest BCUT2D eigenvalue weighted by Gasteiger charge is 2.41. The van der Waals surface area contributed by atoms with Crippen molar-refractivity contribution >= 4 is 28.8 Å². The van der Waals surface area contributed by atoms with Gasteiger partial charge in [-0.1, -0.05) is 31.5 Å². The van der Waals surface area contributed by atoms with Crippen LogP contribution in [0.3, 0.4) is 0 Å². The lowest BCUT2D eigenvalue weighted by atomic mass is 10.1. The Labute approximate surface area is 230 Å². The Bertz CT molecular complexity index is 1770. The summed E-state index contributed by atoms with van der Waals surface area (Å²) in [5.74, 6) is -4.77. The smallest absolute Gasteiger partial charge is 0.449 e. The van der Waals surface area contributed by atoms with E-state index in [-0.39, 0.29) is 46.0 Å². The van der Waals surface area contributed by atoms with E-state index in [2.05, 4.69) is 0 Å². The maximum absolute atomic E-state index is 13.9. The first-order valence-corrected chi connectivity index (χ1v) is 12.5. The van der Waals surface area contributed by atoms with Crippen molar-refractivity contribution in [2.24, 2.45) is 5.92 Å². The van der Waals surface area contributed by atoms with Gasteiger partial charge in [0, 0.05) is 12.6 Å². The van der Waals surface area contributed by atoms with E-state index in [1.54, 1.807) is 19.1 Å². The maximum atomic E-state index is 13.9. The number of imide groups is 1. The van der Waals surface area contributed by atoms with Crippen LogP contribution in [-0.4, -0.2) is 29.2 Å². The predicted molar refractivity (Wildman–Crippen MR) is 140 cm³/mol. The summed E-state index contributed by atoms with van der Waals surface area (Å²) in [5, 5.41) is -0.230. The molecule has 2 amide bonds. The number of nitrogens with zero attached hydrogens (tertiary/aromatic N) is 1. The molecule has 11 heteroatoms. The summed E-state index contributed by atoms with van der Waals surface area (Å²) in [6, 6.07) is 13.3. The molecule has 0 atom stereocenters. The minimum absolute atomic E-state index is 0.0140. The van der Waals surface area contributed by atoms with E-state index in [1.165, 1.54) is 36.4 Å². The van der Waals surface area contributed by atoms with Gasteiger partial charge in [-0.2, -0.15) is 13.2 Å². The zero-order chi connectivity index (χ0) is 29.6. The van der Waals surface area contributed by atoms with Gasteiger partial charge in [-0.3, -0.25) is 19.3 Å². The van der Waals surface area contributed by atoms with Gasteiger partial charge >= 0.3 is 12.1 Å². The Morgan fingerprint density at radius 2 is 1.56 bits per heavy atom. The lowest BCUT2D eigenvalue weighted by Crippen LogP contribution is -2.33. The number of hydrogen-bond acceptors (Lipinski definition) is 7. The average molecular weight is 566 g/mol. The third-order valence-electron chi connectivity index (χ3n) is 6.29. The number of amides is 2. The zero-order valence-electron chi connectivity index (χ0n) is 22.0. The molecule has 3 aromatic carbocycles. The molecule has 2 heterocycles. The van der Waals surface area contributed by atoms with E-state index >= 15 is 0 Å². The van der Waals surface area contributed by atoms with E-state index < -0.39 is 46.5 Å². The highest BCUT2D eigenvalue weighted by atomic mass is 19.4. The van der Waals surface area contributed by atoms with Crippen molar-refractivity contribution in [3.63, 3.8) is 0 Å². The van der Waals surface area contributed by atoms with Crippen molar-refractivity contribution < 1.29 is 41.4 Å². The van der Waals surface area contributed by atoms with Gasteiger partial charge in [0.25, 0.3) is 17.6 Å². The number of rotatable bonds is 6. The fourth-order valence-electron chi connectivity index (χ4n) is 4.34. The molecule has 0 spiro atoms. The normalized spacial score (nSPS) is 13.2. The molecule has 8 nitrogen and oxygen atoms in total. The quantitative estimate of drug-likeness (QED) is 0.152. The van der Waals surface area contributed by atoms with Crippen LogP contribution < -0.4 is 14.9 Å². The minimum Gasteiger partial charge on any atom is -0.449 e. The Morgan fingerprint density at radius 3 is 2.22 bits per heavy atom. The lowest BCUT2D eigenvalue weighted by molar-refractivity contribution is -0.154. The summed E-state index contributed by atoms with van der Waals surface area (Å²) in [5.41, 5.74) is -0.564. The van der Waals surface area contributed by atoms with Gasteiger partial charge in [0.05, 0.1) is 22.1 Å². The van der Waals surface area contributed by atoms with Crippen LogP contribution in [0.15, 0.2) is 69.9 Å². The Hall–Kier alpha value is -4.93. The van der Waals surface area contributed by atoms with Crippen LogP contribution in [0.25, 0.3) is 11.0 Å². The topological polar surface area (TPSA) is 103 Å². The third kappa shape index (κ3) is 5.30. The molecular weight excluding hydrogens is 543 g/mol. The molecule has 41 heavy (non-hydrogen) atoms. The second-order valence-electron chi connectivity index (χ2n) is 9.92. The Kier molecular flexibility index (Phi) is 6.90. The summed E-state index contributed by atoms with van der Waals surface area (Å²) in [6.07, 6.45) is -5.07. The maximum Gasteiger partial charge on any atom is 0.453 e.